The van der Waals surface area contributed by atoms with Gasteiger partial charge in [0.15, 0.2) is 11.8 Å². The van der Waals surface area contributed by atoms with Crippen LogP contribution < -0.4 is 10.6 Å². The van der Waals surface area contributed by atoms with Crippen LogP contribution in [0.1, 0.15) is 17.2 Å². The van der Waals surface area contributed by atoms with Crippen molar-refractivity contribution in [2.24, 2.45) is 12.0 Å². The second-order valence-corrected chi connectivity index (χ2v) is 6.07. The van der Waals surface area contributed by atoms with Crippen molar-refractivity contribution in [3.8, 4) is 0 Å². The van der Waals surface area contributed by atoms with E-state index in [4.69, 9.17) is 4.99 Å². The maximum atomic E-state index is 4.69. The Morgan fingerprint density at radius 2 is 1.78 bits per heavy atom. The number of aromatic nitrogens is 4. The lowest BCUT2D eigenvalue weighted by atomic mass is 10.2. The van der Waals surface area contributed by atoms with Crippen LogP contribution >= 0.6 is 24.0 Å². The number of halogens is 1. The van der Waals surface area contributed by atoms with Crippen LogP contribution in [0.3, 0.4) is 0 Å². The third-order valence-electron chi connectivity index (χ3n) is 4.19. The number of nitrogens with one attached hydrogen (secondary N) is 2. The molecule has 2 aromatic heterocycles. The quantitative estimate of drug-likeness (QED) is 0.311. The highest BCUT2D eigenvalue weighted by Crippen LogP contribution is 2.01. The predicted molar refractivity (Wildman–Crippen MR) is 118 cm³/mol. The van der Waals surface area contributed by atoms with Gasteiger partial charge in [0, 0.05) is 32.5 Å². The molecule has 0 spiro atoms. The average Bonchev–Trinajstić information content (AvgIpc) is 3.29. The SMILES string of the molecule is Cc1nnc(CNC(=NCc2ccccc2)NCCn2cccc2)n1C.I. The molecule has 144 valence electrons. The van der Waals surface area contributed by atoms with E-state index in [0.717, 1.165) is 30.7 Å². The molecule has 0 unspecified atom stereocenters. The molecular weight excluding hydrogens is 453 g/mol. The number of aliphatic imine (C=N–C) groups is 1. The van der Waals surface area contributed by atoms with Crippen molar-refractivity contribution in [3.63, 3.8) is 0 Å². The molecule has 8 heteroatoms. The molecule has 1 aromatic carbocycles. The van der Waals surface area contributed by atoms with E-state index in [1.165, 1.54) is 5.56 Å². The standard InChI is InChI=1S/C19H25N7.HI/c1-16-23-24-18(25(16)2)15-22-19(20-10-13-26-11-6-7-12-26)21-14-17-8-4-3-5-9-17;/h3-9,11-12H,10,13-15H2,1-2H3,(H2,20,21,22);1H. The van der Waals surface area contributed by atoms with Gasteiger partial charge in [0.05, 0.1) is 13.1 Å². The molecule has 3 aromatic rings. The fourth-order valence-electron chi connectivity index (χ4n) is 2.52. The summed E-state index contributed by atoms with van der Waals surface area (Å²) in [6, 6.07) is 14.3. The minimum atomic E-state index is 0. The Morgan fingerprint density at radius 3 is 2.44 bits per heavy atom. The van der Waals surface area contributed by atoms with E-state index >= 15 is 0 Å². The summed E-state index contributed by atoms with van der Waals surface area (Å²) in [5, 5.41) is 15.0. The monoisotopic (exact) mass is 479 g/mol. The van der Waals surface area contributed by atoms with Gasteiger partial charge in [-0.05, 0) is 24.6 Å². The molecule has 0 aliphatic heterocycles. The van der Waals surface area contributed by atoms with Crippen molar-refractivity contribution < 1.29 is 0 Å². The van der Waals surface area contributed by atoms with E-state index in [0.29, 0.717) is 13.1 Å². The van der Waals surface area contributed by atoms with Crippen LogP contribution in [-0.4, -0.2) is 31.8 Å². The highest BCUT2D eigenvalue weighted by atomic mass is 127. The molecule has 27 heavy (non-hydrogen) atoms. The number of hydrogen-bond donors (Lipinski definition) is 2. The minimum absolute atomic E-state index is 0. The number of aryl methyl sites for hydroxylation is 1. The molecule has 0 amide bonds. The maximum Gasteiger partial charge on any atom is 0.192 e. The Hall–Kier alpha value is -2.36. The topological polar surface area (TPSA) is 72.1 Å². The van der Waals surface area contributed by atoms with Gasteiger partial charge < -0.3 is 19.8 Å². The van der Waals surface area contributed by atoms with Crippen molar-refractivity contribution in [3.05, 3.63) is 72.1 Å². The van der Waals surface area contributed by atoms with Gasteiger partial charge in [-0.1, -0.05) is 30.3 Å². The molecule has 7 nitrogen and oxygen atoms in total. The first kappa shape index (κ1) is 20.9. The van der Waals surface area contributed by atoms with Gasteiger partial charge in [0.25, 0.3) is 0 Å². The fraction of sp³-hybridized carbons (Fsp3) is 0.316. The molecule has 2 heterocycles. The Balaban J connectivity index is 0.00000261. The second kappa shape index (κ2) is 10.7. The Bertz CT molecular complexity index is 825. The van der Waals surface area contributed by atoms with Crippen LogP contribution in [0.2, 0.25) is 0 Å². The zero-order chi connectivity index (χ0) is 18.2. The highest BCUT2D eigenvalue weighted by molar-refractivity contribution is 14.0. The molecule has 0 fully saturated rings. The third-order valence-corrected chi connectivity index (χ3v) is 4.19. The zero-order valence-electron chi connectivity index (χ0n) is 15.7. The summed E-state index contributed by atoms with van der Waals surface area (Å²) in [5.74, 6) is 2.54. The van der Waals surface area contributed by atoms with E-state index in [2.05, 4.69) is 49.9 Å². The van der Waals surface area contributed by atoms with Crippen LogP contribution in [-0.2, 0) is 26.7 Å². The van der Waals surface area contributed by atoms with E-state index < -0.39 is 0 Å². The molecule has 2 N–H and O–H groups in total. The van der Waals surface area contributed by atoms with Crippen molar-refractivity contribution in [1.82, 2.24) is 30.0 Å². The van der Waals surface area contributed by atoms with E-state index in [9.17, 15) is 0 Å². The highest BCUT2D eigenvalue weighted by Gasteiger charge is 2.06. The number of benzene rings is 1. The van der Waals surface area contributed by atoms with Crippen LogP contribution in [0, 0.1) is 6.92 Å². The van der Waals surface area contributed by atoms with Gasteiger partial charge in [-0.25, -0.2) is 4.99 Å². The molecule has 0 bridgehead atoms. The molecule has 0 saturated heterocycles. The molecule has 0 radical (unpaired) electrons. The first-order chi connectivity index (χ1) is 12.7. The summed E-state index contributed by atoms with van der Waals surface area (Å²) < 4.78 is 4.11. The zero-order valence-corrected chi connectivity index (χ0v) is 18.0. The minimum Gasteiger partial charge on any atom is -0.355 e. The summed E-state index contributed by atoms with van der Waals surface area (Å²) in [6.07, 6.45) is 4.11. The number of guanidine groups is 1. The van der Waals surface area contributed by atoms with Crippen LogP contribution in [0.5, 0.6) is 0 Å². The Labute approximate surface area is 176 Å². The smallest absolute Gasteiger partial charge is 0.192 e. The number of hydrogen-bond acceptors (Lipinski definition) is 3. The third kappa shape index (κ3) is 6.38. The first-order valence-electron chi connectivity index (χ1n) is 8.74. The van der Waals surface area contributed by atoms with Crippen molar-refractivity contribution in [2.75, 3.05) is 6.54 Å². The lowest BCUT2D eigenvalue weighted by Crippen LogP contribution is -2.39. The van der Waals surface area contributed by atoms with E-state index in [-0.39, 0.29) is 24.0 Å². The Kier molecular flexibility index (Phi) is 8.31. The summed E-state index contributed by atoms with van der Waals surface area (Å²) in [7, 11) is 1.96. The van der Waals surface area contributed by atoms with Crippen molar-refractivity contribution in [1.29, 1.82) is 0 Å². The van der Waals surface area contributed by atoms with Crippen LogP contribution in [0.15, 0.2) is 59.9 Å². The largest absolute Gasteiger partial charge is 0.355 e. The van der Waals surface area contributed by atoms with Gasteiger partial charge >= 0.3 is 0 Å². The van der Waals surface area contributed by atoms with Gasteiger partial charge in [0.2, 0.25) is 0 Å². The maximum absolute atomic E-state index is 4.69. The Morgan fingerprint density at radius 1 is 1.04 bits per heavy atom. The summed E-state index contributed by atoms with van der Waals surface area (Å²) in [5.41, 5.74) is 1.17. The van der Waals surface area contributed by atoms with E-state index in [1.807, 2.05) is 48.9 Å². The van der Waals surface area contributed by atoms with Crippen LogP contribution in [0.25, 0.3) is 0 Å². The van der Waals surface area contributed by atoms with E-state index in [1.54, 1.807) is 0 Å². The summed E-state index contributed by atoms with van der Waals surface area (Å²) in [4.78, 5) is 4.69. The van der Waals surface area contributed by atoms with Crippen molar-refractivity contribution >= 4 is 29.9 Å². The summed E-state index contributed by atoms with van der Waals surface area (Å²) in [6.45, 7) is 4.80. The molecule has 0 saturated carbocycles. The van der Waals surface area contributed by atoms with Crippen LogP contribution in [0.4, 0.5) is 0 Å². The molecular formula is C19H26IN7. The van der Waals surface area contributed by atoms with Gasteiger partial charge in [-0.3, -0.25) is 0 Å². The lowest BCUT2D eigenvalue weighted by molar-refractivity contribution is 0.656. The first-order valence-corrected chi connectivity index (χ1v) is 8.74. The van der Waals surface area contributed by atoms with Gasteiger partial charge in [0.1, 0.15) is 5.82 Å². The number of rotatable bonds is 7. The predicted octanol–water partition coefficient (Wildman–Crippen LogP) is 2.48. The van der Waals surface area contributed by atoms with Crippen molar-refractivity contribution in [2.45, 2.75) is 26.6 Å². The lowest BCUT2D eigenvalue weighted by Gasteiger charge is -2.13. The normalized spacial score (nSPS) is 11.1. The fourth-order valence-corrected chi connectivity index (χ4v) is 2.52. The number of nitrogens with zero attached hydrogens (tertiary/aromatic N) is 5. The molecule has 3 rings (SSSR count). The molecule has 0 aliphatic carbocycles. The van der Waals surface area contributed by atoms with Gasteiger partial charge in [-0.15, -0.1) is 34.2 Å². The molecule has 0 atom stereocenters. The second-order valence-electron chi connectivity index (χ2n) is 6.07. The summed E-state index contributed by atoms with van der Waals surface area (Å²) >= 11 is 0. The van der Waals surface area contributed by atoms with Gasteiger partial charge in [-0.2, -0.15) is 0 Å². The molecule has 0 aliphatic rings. The average molecular weight is 479 g/mol.